The van der Waals surface area contributed by atoms with Crippen LogP contribution in [0.1, 0.15) is 26.2 Å². The first-order chi connectivity index (χ1) is 9.71. The summed E-state index contributed by atoms with van der Waals surface area (Å²) in [5.74, 6) is 0. The molecule has 20 heavy (non-hydrogen) atoms. The van der Waals surface area contributed by atoms with Crippen LogP contribution in [0.5, 0.6) is 0 Å². The molecule has 0 radical (unpaired) electrons. The van der Waals surface area contributed by atoms with Crippen LogP contribution < -0.4 is 10.6 Å². The van der Waals surface area contributed by atoms with Gasteiger partial charge in [-0.05, 0) is 19.3 Å². The van der Waals surface area contributed by atoms with Crippen LogP contribution in [0.25, 0.3) is 0 Å². The fourth-order valence-corrected chi connectivity index (χ4v) is 2.15. The van der Waals surface area contributed by atoms with E-state index in [1.54, 1.807) is 17.1 Å². The number of hydrogen-bond acceptors (Lipinski definition) is 4. The zero-order valence-corrected chi connectivity index (χ0v) is 11.7. The van der Waals surface area contributed by atoms with Crippen LogP contribution in [0.15, 0.2) is 12.4 Å². The third-order valence-electron chi connectivity index (χ3n) is 3.35. The van der Waals surface area contributed by atoms with Crippen LogP contribution >= 0.6 is 0 Å². The molecule has 1 saturated heterocycles. The highest BCUT2D eigenvalue weighted by atomic mass is 16.5. The van der Waals surface area contributed by atoms with Crippen LogP contribution in [0.3, 0.4) is 0 Å². The number of aromatic nitrogens is 2. The van der Waals surface area contributed by atoms with Gasteiger partial charge in [0.05, 0.1) is 37.2 Å². The minimum Gasteiger partial charge on any atom is -0.394 e. The normalized spacial score (nSPS) is 19.8. The largest absolute Gasteiger partial charge is 0.394 e. The molecule has 112 valence electrons. The SMILES string of the molecule is CCC(CO)NC(=O)Nc1cnn(CC2CCCO2)c1. The number of aliphatic hydroxyl groups is 1. The average molecular weight is 282 g/mol. The lowest BCUT2D eigenvalue weighted by Gasteiger charge is -2.13. The van der Waals surface area contributed by atoms with Gasteiger partial charge in [0.25, 0.3) is 0 Å². The van der Waals surface area contributed by atoms with Crippen molar-refractivity contribution in [3.05, 3.63) is 12.4 Å². The molecular weight excluding hydrogens is 260 g/mol. The van der Waals surface area contributed by atoms with E-state index in [1.165, 1.54) is 0 Å². The van der Waals surface area contributed by atoms with Crippen molar-refractivity contribution >= 4 is 11.7 Å². The Kier molecular flexibility index (Phi) is 5.37. The zero-order chi connectivity index (χ0) is 14.4. The Balaban J connectivity index is 1.81. The standard InChI is InChI=1S/C13H22N4O3/c1-2-10(9-18)15-13(19)16-11-6-14-17(7-11)8-12-4-3-5-20-12/h6-7,10,12,18H,2-5,8-9H2,1H3,(H2,15,16,19). The van der Waals surface area contributed by atoms with E-state index < -0.39 is 0 Å². The Bertz CT molecular complexity index is 425. The molecule has 1 fully saturated rings. The fourth-order valence-electron chi connectivity index (χ4n) is 2.15. The first kappa shape index (κ1) is 14.8. The molecule has 1 aromatic rings. The van der Waals surface area contributed by atoms with Gasteiger partial charge in [-0.2, -0.15) is 5.10 Å². The van der Waals surface area contributed by atoms with Gasteiger partial charge in [0.1, 0.15) is 0 Å². The summed E-state index contributed by atoms with van der Waals surface area (Å²) in [6.07, 6.45) is 6.43. The van der Waals surface area contributed by atoms with Crippen molar-refractivity contribution in [2.45, 2.75) is 44.9 Å². The van der Waals surface area contributed by atoms with Gasteiger partial charge in [-0.15, -0.1) is 0 Å². The number of anilines is 1. The number of urea groups is 1. The fraction of sp³-hybridized carbons (Fsp3) is 0.692. The molecule has 0 bridgehead atoms. The topological polar surface area (TPSA) is 88.4 Å². The van der Waals surface area contributed by atoms with Crippen LogP contribution in [0.4, 0.5) is 10.5 Å². The van der Waals surface area contributed by atoms with Crippen molar-refractivity contribution in [3.63, 3.8) is 0 Å². The van der Waals surface area contributed by atoms with Gasteiger partial charge in [0.15, 0.2) is 0 Å². The van der Waals surface area contributed by atoms with Gasteiger partial charge in [-0.3, -0.25) is 4.68 Å². The third kappa shape index (κ3) is 4.21. The van der Waals surface area contributed by atoms with Crippen molar-refractivity contribution in [2.24, 2.45) is 0 Å². The van der Waals surface area contributed by atoms with E-state index in [1.807, 2.05) is 6.92 Å². The summed E-state index contributed by atoms with van der Waals surface area (Å²) in [5.41, 5.74) is 0.633. The first-order valence-corrected chi connectivity index (χ1v) is 7.03. The second-order valence-corrected chi connectivity index (χ2v) is 4.97. The van der Waals surface area contributed by atoms with Crippen molar-refractivity contribution in [1.29, 1.82) is 0 Å². The minimum atomic E-state index is -0.331. The Morgan fingerprint density at radius 1 is 1.70 bits per heavy atom. The van der Waals surface area contributed by atoms with Gasteiger partial charge < -0.3 is 20.5 Å². The smallest absolute Gasteiger partial charge is 0.319 e. The number of aliphatic hydroxyl groups excluding tert-OH is 1. The summed E-state index contributed by atoms with van der Waals surface area (Å²) in [5, 5.41) is 18.6. The van der Waals surface area contributed by atoms with Gasteiger partial charge in [-0.25, -0.2) is 4.79 Å². The van der Waals surface area contributed by atoms with Gasteiger partial charge in [0, 0.05) is 12.8 Å². The molecule has 2 rings (SSSR count). The number of nitrogens with one attached hydrogen (secondary N) is 2. The lowest BCUT2D eigenvalue weighted by atomic mass is 10.2. The lowest BCUT2D eigenvalue weighted by molar-refractivity contribution is 0.0940. The maximum atomic E-state index is 11.7. The molecule has 1 aromatic heterocycles. The van der Waals surface area contributed by atoms with E-state index in [0.717, 1.165) is 19.4 Å². The van der Waals surface area contributed by atoms with E-state index in [-0.39, 0.29) is 24.8 Å². The maximum absolute atomic E-state index is 11.7. The molecule has 0 saturated carbocycles. The van der Waals surface area contributed by atoms with Gasteiger partial charge in [-0.1, -0.05) is 6.92 Å². The second-order valence-electron chi connectivity index (χ2n) is 4.97. The zero-order valence-electron chi connectivity index (χ0n) is 11.7. The highest BCUT2D eigenvalue weighted by molar-refractivity contribution is 5.89. The van der Waals surface area contributed by atoms with E-state index in [4.69, 9.17) is 9.84 Å². The molecule has 0 aliphatic carbocycles. The maximum Gasteiger partial charge on any atom is 0.319 e. The molecule has 0 aromatic carbocycles. The molecular formula is C13H22N4O3. The average Bonchev–Trinajstić information content (AvgIpc) is 3.09. The predicted octanol–water partition coefficient (Wildman–Crippen LogP) is 0.954. The molecule has 2 unspecified atom stereocenters. The summed E-state index contributed by atoms with van der Waals surface area (Å²) in [4.78, 5) is 11.7. The molecule has 0 spiro atoms. The molecule has 3 N–H and O–H groups in total. The molecule has 7 heteroatoms. The number of carbonyl (C=O) groups excluding carboxylic acids is 1. The Morgan fingerprint density at radius 2 is 2.55 bits per heavy atom. The van der Waals surface area contributed by atoms with Crippen LogP contribution in [-0.4, -0.2) is 46.3 Å². The summed E-state index contributed by atoms with van der Waals surface area (Å²) in [6.45, 7) is 3.36. The minimum absolute atomic E-state index is 0.0673. The Morgan fingerprint density at radius 3 is 3.20 bits per heavy atom. The Labute approximate surface area is 118 Å². The number of ether oxygens (including phenoxy) is 1. The van der Waals surface area contributed by atoms with Crippen molar-refractivity contribution in [1.82, 2.24) is 15.1 Å². The Hall–Kier alpha value is -1.60. The highest BCUT2D eigenvalue weighted by Gasteiger charge is 2.16. The summed E-state index contributed by atoms with van der Waals surface area (Å²) >= 11 is 0. The molecule has 7 nitrogen and oxygen atoms in total. The van der Waals surface area contributed by atoms with Crippen molar-refractivity contribution in [2.75, 3.05) is 18.5 Å². The summed E-state index contributed by atoms with van der Waals surface area (Å²) in [7, 11) is 0. The second kappa shape index (κ2) is 7.25. The predicted molar refractivity (Wildman–Crippen MR) is 74.5 cm³/mol. The van der Waals surface area contributed by atoms with Crippen LogP contribution in [-0.2, 0) is 11.3 Å². The van der Waals surface area contributed by atoms with E-state index in [2.05, 4.69) is 15.7 Å². The molecule has 1 aliphatic rings. The molecule has 2 amide bonds. The number of amides is 2. The summed E-state index contributed by atoms with van der Waals surface area (Å²) in [6, 6.07) is -0.556. The van der Waals surface area contributed by atoms with Crippen LogP contribution in [0, 0.1) is 0 Å². The van der Waals surface area contributed by atoms with E-state index in [0.29, 0.717) is 18.7 Å². The monoisotopic (exact) mass is 282 g/mol. The lowest BCUT2D eigenvalue weighted by Crippen LogP contribution is -2.39. The van der Waals surface area contributed by atoms with E-state index >= 15 is 0 Å². The van der Waals surface area contributed by atoms with E-state index in [9.17, 15) is 4.79 Å². The number of hydrogen-bond donors (Lipinski definition) is 3. The summed E-state index contributed by atoms with van der Waals surface area (Å²) < 4.78 is 7.31. The van der Waals surface area contributed by atoms with Gasteiger partial charge in [0.2, 0.25) is 0 Å². The van der Waals surface area contributed by atoms with Gasteiger partial charge >= 0.3 is 6.03 Å². The molecule has 2 atom stereocenters. The number of nitrogens with zero attached hydrogens (tertiary/aromatic N) is 2. The van der Waals surface area contributed by atoms with Crippen molar-refractivity contribution in [3.8, 4) is 0 Å². The first-order valence-electron chi connectivity index (χ1n) is 7.03. The number of carbonyl (C=O) groups is 1. The number of rotatable bonds is 6. The van der Waals surface area contributed by atoms with Crippen molar-refractivity contribution < 1.29 is 14.6 Å². The quantitative estimate of drug-likeness (QED) is 0.725. The highest BCUT2D eigenvalue weighted by Crippen LogP contribution is 2.14. The third-order valence-corrected chi connectivity index (χ3v) is 3.35. The van der Waals surface area contributed by atoms with Crippen LogP contribution in [0.2, 0.25) is 0 Å². The molecule has 2 heterocycles. The molecule has 1 aliphatic heterocycles.